The van der Waals surface area contributed by atoms with Crippen LogP contribution in [0.15, 0.2) is 18.2 Å². The molecule has 0 aliphatic carbocycles. The van der Waals surface area contributed by atoms with Gasteiger partial charge < -0.3 is 10.6 Å². The highest BCUT2D eigenvalue weighted by atomic mass is 32.2. The molecule has 0 radical (unpaired) electrons. The van der Waals surface area contributed by atoms with E-state index < -0.39 is 0 Å². The van der Waals surface area contributed by atoms with Crippen LogP contribution in [0.25, 0.3) is 0 Å². The molecule has 3 heteroatoms. The lowest BCUT2D eigenvalue weighted by molar-refractivity contribution is 0.727. The Hall–Kier alpha value is -0.670. The van der Waals surface area contributed by atoms with E-state index in [4.69, 9.17) is 5.73 Å². The molecule has 100 valence electrons. The number of hydrogen-bond donors (Lipinski definition) is 1. The van der Waals surface area contributed by atoms with E-state index in [1.807, 2.05) is 0 Å². The predicted octanol–water partition coefficient (Wildman–Crippen LogP) is 2.83. The van der Waals surface area contributed by atoms with Crippen molar-refractivity contribution in [2.75, 3.05) is 24.5 Å². The second-order valence-corrected chi connectivity index (χ2v) is 7.19. The van der Waals surface area contributed by atoms with E-state index in [1.54, 1.807) is 0 Å². The summed E-state index contributed by atoms with van der Waals surface area (Å²) in [5.41, 5.74) is 9.76. The van der Waals surface area contributed by atoms with Crippen molar-refractivity contribution in [2.45, 2.75) is 37.7 Å². The van der Waals surface area contributed by atoms with Crippen molar-refractivity contribution in [1.29, 1.82) is 0 Å². The summed E-state index contributed by atoms with van der Waals surface area (Å²) in [4.78, 5) is 2.52. The van der Waals surface area contributed by atoms with Crippen LogP contribution in [0.5, 0.6) is 0 Å². The second-order valence-electron chi connectivity index (χ2n) is 5.31. The molecule has 0 bridgehead atoms. The minimum atomic E-state index is 0.720. The Labute approximate surface area is 115 Å². The monoisotopic (exact) mass is 264 g/mol. The van der Waals surface area contributed by atoms with Gasteiger partial charge in [-0.15, -0.1) is 0 Å². The SMILES string of the molecule is Cc1cc(N2CC(C)SC(C)C2)ccc1CCN. The first-order valence-electron chi connectivity index (χ1n) is 6.80. The van der Waals surface area contributed by atoms with E-state index in [1.165, 1.54) is 16.8 Å². The van der Waals surface area contributed by atoms with Crippen LogP contribution in [0.2, 0.25) is 0 Å². The van der Waals surface area contributed by atoms with Gasteiger partial charge in [0.15, 0.2) is 0 Å². The van der Waals surface area contributed by atoms with E-state index in [-0.39, 0.29) is 0 Å². The van der Waals surface area contributed by atoms with Gasteiger partial charge in [0.1, 0.15) is 0 Å². The number of nitrogens with zero attached hydrogens (tertiary/aromatic N) is 1. The molecule has 2 atom stereocenters. The predicted molar refractivity (Wildman–Crippen MR) is 82.7 cm³/mol. The fourth-order valence-corrected chi connectivity index (χ4v) is 4.03. The molecule has 2 nitrogen and oxygen atoms in total. The van der Waals surface area contributed by atoms with Gasteiger partial charge in [-0.3, -0.25) is 0 Å². The molecule has 0 amide bonds. The zero-order valence-electron chi connectivity index (χ0n) is 11.6. The van der Waals surface area contributed by atoms with Crippen molar-refractivity contribution in [3.63, 3.8) is 0 Å². The average Bonchev–Trinajstić information content (AvgIpc) is 2.30. The van der Waals surface area contributed by atoms with Crippen LogP contribution < -0.4 is 10.6 Å². The standard InChI is InChI=1S/C15H24N2S/c1-11-8-15(5-4-14(11)6-7-16)17-9-12(2)18-13(3)10-17/h4-5,8,12-13H,6-7,9-10,16H2,1-3H3. The molecule has 0 spiro atoms. The van der Waals surface area contributed by atoms with Crippen LogP contribution in [0, 0.1) is 6.92 Å². The molecule has 1 heterocycles. The Morgan fingerprint density at radius 3 is 2.50 bits per heavy atom. The molecule has 1 aromatic rings. The maximum absolute atomic E-state index is 5.63. The molecule has 1 fully saturated rings. The van der Waals surface area contributed by atoms with E-state index in [2.05, 4.69) is 55.6 Å². The van der Waals surface area contributed by atoms with Gasteiger partial charge in [-0.1, -0.05) is 19.9 Å². The van der Waals surface area contributed by atoms with E-state index in [9.17, 15) is 0 Å². The quantitative estimate of drug-likeness (QED) is 0.910. The van der Waals surface area contributed by atoms with Crippen molar-refractivity contribution in [2.24, 2.45) is 5.73 Å². The van der Waals surface area contributed by atoms with Crippen molar-refractivity contribution in [3.05, 3.63) is 29.3 Å². The molecule has 0 saturated carbocycles. The summed E-state index contributed by atoms with van der Waals surface area (Å²) in [6, 6.07) is 6.82. The van der Waals surface area contributed by atoms with Gasteiger partial charge in [0.25, 0.3) is 0 Å². The summed E-state index contributed by atoms with van der Waals surface area (Å²) in [5.74, 6) is 0. The molecule has 1 saturated heterocycles. The Morgan fingerprint density at radius 2 is 1.94 bits per heavy atom. The minimum absolute atomic E-state index is 0.720. The van der Waals surface area contributed by atoms with Crippen molar-refractivity contribution >= 4 is 17.4 Å². The number of nitrogens with two attached hydrogens (primary N) is 1. The van der Waals surface area contributed by atoms with Crippen LogP contribution in [0.1, 0.15) is 25.0 Å². The number of hydrogen-bond acceptors (Lipinski definition) is 3. The molecule has 18 heavy (non-hydrogen) atoms. The van der Waals surface area contributed by atoms with Gasteiger partial charge in [-0.05, 0) is 43.1 Å². The summed E-state index contributed by atoms with van der Waals surface area (Å²) >= 11 is 2.10. The molecule has 1 aliphatic rings. The van der Waals surface area contributed by atoms with Crippen molar-refractivity contribution in [3.8, 4) is 0 Å². The van der Waals surface area contributed by atoms with E-state index >= 15 is 0 Å². The summed E-state index contributed by atoms with van der Waals surface area (Å²) < 4.78 is 0. The normalized spacial score (nSPS) is 24.3. The van der Waals surface area contributed by atoms with Crippen LogP contribution in [0.3, 0.4) is 0 Å². The summed E-state index contributed by atoms with van der Waals surface area (Å²) in [6.45, 7) is 9.88. The third-order valence-electron chi connectivity index (χ3n) is 3.52. The largest absolute Gasteiger partial charge is 0.369 e. The van der Waals surface area contributed by atoms with Gasteiger partial charge >= 0.3 is 0 Å². The molecule has 0 aromatic heterocycles. The van der Waals surface area contributed by atoms with Crippen LogP contribution in [-0.2, 0) is 6.42 Å². The fourth-order valence-electron chi connectivity index (χ4n) is 2.70. The maximum Gasteiger partial charge on any atom is 0.0369 e. The van der Waals surface area contributed by atoms with Gasteiger partial charge in [-0.25, -0.2) is 0 Å². The molecule has 1 aromatic carbocycles. The Balaban J connectivity index is 2.15. The number of thioether (sulfide) groups is 1. The van der Waals surface area contributed by atoms with Gasteiger partial charge in [0.2, 0.25) is 0 Å². The van der Waals surface area contributed by atoms with E-state index in [0.29, 0.717) is 0 Å². The third-order valence-corrected chi connectivity index (χ3v) is 4.75. The lowest BCUT2D eigenvalue weighted by Crippen LogP contribution is -2.40. The van der Waals surface area contributed by atoms with Crippen LogP contribution >= 0.6 is 11.8 Å². The number of anilines is 1. The summed E-state index contributed by atoms with van der Waals surface area (Å²) in [6.07, 6.45) is 0.981. The average molecular weight is 264 g/mol. The summed E-state index contributed by atoms with van der Waals surface area (Å²) in [5, 5.41) is 1.44. The zero-order chi connectivity index (χ0) is 13.1. The summed E-state index contributed by atoms with van der Waals surface area (Å²) in [7, 11) is 0. The Kier molecular flexibility index (Phi) is 4.57. The maximum atomic E-state index is 5.63. The first kappa shape index (κ1) is 13.8. The van der Waals surface area contributed by atoms with Gasteiger partial charge in [0.05, 0.1) is 0 Å². The highest BCUT2D eigenvalue weighted by Gasteiger charge is 2.22. The molecule has 2 rings (SSSR count). The smallest absolute Gasteiger partial charge is 0.0369 e. The van der Waals surface area contributed by atoms with Crippen LogP contribution in [-0.4, -0.2) is 30.1 Å². The third kappa shape index (κ3) is 3.21. The second kappa shape index (κ2) is 5.98. The highest BCUT2D eigenvalue weighted by molar-refractivity contribution is 8.00. The molecule has 1 aliphatic heterocycles. The molecular formula is C15H24N2S. The van der Waals surface area contributed by atoms with E-state index in [0.717, 1.165) is 36.6 Å². The van der Waals surface area contributed by atoms with Gasteiger partial charge in [-0.2, -0.15) is 11.8 Å². The highest BCUT2D eigenvalue weighted by Crippen LogP contribution is 2.29. The first-order chi connectivity index (χ1) is 8.60. The van der Waals surface area contributed by atoms with Crippen molar-refractivity contribution in [1.82, 2.24) is 0 Å². The minimum Gasteiger partial charge on any atom is -0.369 e. The lowest BCUT2D eigenvalue weighted by Gasteiger charge is -2.36. The zero-order valence-corrected chi connectivity index (χ0v) is 12.5. The van der Waals surface area contributed by atoms with Crippen molar-refractivity contribution < 1.29 is 0 Å². The van der Waals surface area contributed by atoms with Crippen LogP contribution in [0.4, 0.5) is 5.69 Å². The molecule has 2 unspecified atom stereocenters. The molecule has 2 N–H and O–H groups in total. The number of aryl methyl sites for hydroxylation is 1. The lowest BCUT2D eigenvalue weighted by atomic mass is 10.0. The Morgan fingerprint density at radius 1 is 1.28 bits per heavy atom. The fraction of sp³-hybridized carbons (Fsp3) is 0.600. The molecular weight excluding hydrogens is 240 g/mol. The first-order valence-corrected chi connectivity index (χ1v) is 7.74. The van der Waals surface area contributed by atoms with Gasteiger partial charge in [0, 0.05) is 29.3 Å². The number of benzene rings is 1. The Bertz CT molecular complexity index is 395. The number of rotatable bonds is 3. The topological polar surface area (TPSA) is 29.3 Å².